The first kappa shape index (κ1) is 17.7. The van der Waals surface area contributed by atoms with Gasteiger partial charge in [0, 0.05) is 22.7 Å². The Morgan fingerprint density at radius 3 is 2.46 bits per heavy atom. The van der Waals surface area contributed by atoms with Crippen LogP contribution in [0, 0.1) is 11.3 Å². The van der Waals surface area contributed by atoms with Gasteiger partial charge in [-0.3, -0.25) is 14.5 Å². The van der Waals surface area contributed by atoms with Crippen LogP contribution >= 0.6 is 11.6 Å². The summed E-state index contributed by atoms with van der Waals surface area (Å²) in [5, 5.41) is 9.89. The Morgan fingerprint density at radius 1 is 1.15 bits per heavy atom. The standard InChI is InChI=1S/C20H15ClN2O3/c1-3-23-19(24)16(12(2)17(11-22)20(23)25)10-15-8-9-18(26-15)13-4-6-14(21)7-5-13/h4-10H,3H2,1-2H3/b16-10+. The molecule has 5 nitrogen and oxygen atoms in total. The minimum Gasteiger partial charge on any atom is -0.457 e. The minimum atomic E-state index is -0.559. The summed E-state index contributed by atoms with van der Waals surface area (Å²) < 4.78 is 5.79. The topological polar surface area (TPSA) is 74.3 Å². The molecular formula is C20H15ClN2O3. The zero-order valence-electron chi connectivity index (χ0n) is 14.2. The molecular weight excluding hydrogens is 352 g/mol. The molecule has 0 aliphatic carbocycles. The normalized spacial score (nSPS) is 16.4. The molecule has 2 heterocycles. The molecule has 0 radical (unpaired) electrons. The Morgan fingerprint density at radius 2 is 1.85 bits per heavy atom. The first-order valence-electron chi connectivity index (χ1n) is 8.01. The summed E-state index contributed by atoms with van der Waals surface area (Å²) in [4.78, 5) is 25.8. The number of hydrogen-bond acceptors (Lipinski definition) is 4. The van der Waals surface area contributed by atoms with E-state index in [1.54, 1.807) is 44.2 Å². The molecule has 0 fully saturated rings. The summed E-state index contributed by atoms with van der Waals surface area (Å²) in [5.41, 5.74) is 1.46. The lowest BCUT2D eigenvalue weighted by molar-refractivity contribution is -0.140. The molecule has 1 aliphatic rings. The van der Waals surface area contributed by atoms with E-state index < -0.39 is 11.8 Å². The van der Waals surface area contributed by atoms with E-state index in [1.165, 1.54) is 0 Å². The van der Waals surface area contributed by atoms with Crippen molar-refractivity contribution in [2.45, 2.75) is 13.8 Å². The molecule has 1 aromatic heterocycles. The number of nitrogens with zero attached hydrogens (tertiary/aromatic N) is 2. The highest BCUT2D eigenvalue weighted by Gasteiger charge is 2.34. The number of carbonyl (C=O) groups excluding carboxylic acids is 2. The van der Waals surface area contributed by atoms with Crippen LogP contribution in [0.4, 0.5) is 0 Å². The van der Waals surface area contributed by atoms with E-state index in [9.17, 15) is 14.9 Å². The monoisotopic (exact) mass is 366 g/mol. The maximum Gasteiger partial charge on any atom is 0.271 e. The molecule has 6 heteroatoms. The molecule has 2 aromatic rings. The third-order valence-electron chi connectivity index (χ3n) is 4.18. The summed E-state index contributed by atoms with van der Waals surface area (Å²) >= 11 is 5.89. The van der Waals surface area contributed by atoms with Crippen molar-refractivity contribution in [3.05, 3.63) is 63.9 Å². The van der Waals surface area contributed by atoms with Crippen molar-refractivity contribution in [3.8, 4) is 17.4 Å². The van der Waals surface area contributed by atoms with Gasteiger partial charge in [-0.2, -0.15) is 5.26 Å². The average Bonchev–Trinajstić information content (AvgIpc) is 3.09. The number of nitriles is 1. The van der Waals surface area contributed by atoms with Gasteiger partial charge in [0.05, 0.1) is 0 Å². The van der Waals surface area contributed by atoms with E-state index in [0.717, 1.165) is 10.5 Å². The zero-order valence-corrected chi connectivity index (χ0v) is 15.0. The SMILES string of the molecule is CCN1C(=O)C(C#N)=C(C)/C(=C\c2ccc(-c3ccc(Cl)cc3)o2)C1=O. The van der Waals surface area contributed by atoms with Gasteiger partial charge in [-0.25, -0.2) is 0 Å². The number of benzene rings is 1. The van der Waals surface area contributed by atoms with E-state index in [-0.39, 0.29) is 17.7 Å². The largest absolute Gasteiger partial charge is 0.457 e. The first-order valence-corrected chi connectivity index (χ1v) is 8.39. The highest BCUT2D eigenvalue weighted by Crippen LogP contribution is 2.29. The predicted octanol–water partition coefficient (Wildman–Crippen LogP) is 4.21. The number of imide groups is 1. The average molecular weight is 367 g/mol. The van der Waals surface area contributed by atoms with Gasteiger partial charge in [0.25, 0.3) is 11.8 Å². The van der Waals surface area contributed by atoms with Gasteiger partial charge >= 0.3 is 0 Å². The van der Waals surface area contributed by atoms with E-state index in [0.29, 0.717) is 22.1 Å². The predicted molar refractivity (Wildman–Crippen MR) is 97.8 cm³/mol. The lowest BCUT2D eigenvalue weighted by Gasteiger charge is -2.25. The van der Waals surface area contributed by atoms with Crippen molar-refractivity contribution >= 4 is 29.5 Å². The summed E-state index contributed by atoms with van der Waals surface area (Å²) in [6, 6.07) is 12.6. The summed E-state index contributed by atoms with van der Waals surface area (Å²) in [5.74, 6) is 0.0945. The number of amides is 2. The van der Waals surface area contributed by atoms with E-state index in [1.807, 2.05) is 18.2 Å². The van der Waals surface area contributed by atoms with Crippen LogP contribution in [0.3, 0.4) is 0 Å². The van der Waals surface area contributed by atoms with Crippen LogP contribution < -0.4 is 0 Å². The van der Waals surface area contributed by atoms with Crippen LogP contribution in [-0.2, 0) is 9.59 Å². The summed E-state index contributed by atoms with van der Waals surface area (Å²) in [7, 11) is 0. The molecule has 130 valence electrons. The van der Waals surface area contributed by atoms with Crippen LogP contribution in [0.15, 0.2) is 57.5 Å². The molecule has 2 amide bonds. The minimum absolute atomic E-state index is 0.0258. The number of rotatable bonds is 3. The van der Waals surface area contributed by atoms with Crippen LogP contribution in [0.1, 0.15) is 19.6 Å². The third kappa shape index (κ3) is 3.07. The van der Waals surface area contributed by atoms with E-state index in [2.05, 4.69) is 0 Å². The molecule has 0 saturated carbocycles. The Bertz CT molecular complexity index is 991. The third-order valence-corrected chi connectivity index (χ3v) is 4.44. The highest BCUT2D eigenvalue weighted by molar-refractivity contribution is 6.30. The maximum absolute atomic E-state index is 12.6. The smallest absolute Gasteiger partial charge is 0.271 e. The number of carbonyl (C=O) groups is 2. The Labute approximate surface area is 155 Å². The molecule has 0 atom stereocenters. The molecule has 1 aliphatic heterocycles. The van der Waals surface area contributed by atoms with Gasteiger partial charge in [0.1, 0.15) is 23.2 Å². The van der Waals surface area contributed by atoms with Crippen LogP contribution in [0.2, 0.25) is 5.02 Å². The van der Waals surface area contributed by atoms with Crippen LogP contribution in [-0.4, -0.2) is 23.3 Å². The second-order valence-electron chi connectivity index (χ2n) is 5.73. The summed E-state index contributed by atoms with van der Waals surface area (Å²) in [6.07, 6.45) is 1.56. The van der Waals surface area contributed by atoms with Gasteiger partial charge in [-0.05, 0) is 61.9 Å². The lowest BCUT2D eigenvalue weighted by atomic mass is 9.95. The van der Waals surface area contributed by atoms with Crippen molar-refractivity contribution in [1.29, 1.82) is 5.26 Å². The fourth-order valence-corrected chi connectivity index (χ4v) is 2.88. The quantitative estimate of drug-likeness (QED) is 0.602. The molecule has 0 saturated heterocycles. The van der Waals surface area contributed by atoms with E-state index >= 15 is 0 Å². The van der Waals surface area contributed by atoms with Gasteiger partial charge < -0.3 is 4.42 Å². The van der Waals surface area contributed by atoms with Crippen molar-refractivity contribution in [3.63, 3.8) is 0 Å². The van der Waals surface area contributed by atoms with Crippen molar-refractivity contribution < 1.29 is 14.0 Å². The number of hydrogen-bond donors (Lipinski definition) is 0. The second-order valence-corrected chi connectivity index (χ2v) is 6.17. The number of furan rings is 1. The molecule has 0 N–H and O–H groups in total. The molecule has 1 aromatic carbocycles. The zero-order chi connectivity index (χ0) is 18.8. The molecule has 26 heavy (non-hydrogen) atoms. The lowest BCUT2D eigenvalue weighted by Crippen LogP contribution is -2.42. The van der Waals surface area contributed by atoms with Gasteiger partial charge in [-0.15, -0.1) is 0 Å². The summed E-state index contributed by atoms with van der Waals surface area (Å²) in [6.45, 7) is 3.48. The van der Waals surface area contributed by atoms with E-state index in [4.69, 9.17) is 16.0 Å². The van der Waals surface area contributed by atoms with Crippen LogP contribution in [0.5, 0.6) is 0 Å². The Kier molecular flexibility index (Phi) is 4.79. The second kappa shape index (κ2) is 7.03. The fraction of sp³-hybridized carbons (Fsp3) is 0.150. The van der Waals surface area contributed by atoms with Crippen molar-refractivity contribution in [1.82, 2.24) is 4.90 Å². The van der Waals surface area contributed by atoms with Crippen LogP contribution in [0.25, 0.3) is 17.4 Å². The first-order chi connectivity index (χ1) is 12.5. The highest BCUT2D eigenvalue weighted by atomic mass is 35.5. The molecule has 0 bridgehead atoms. The number of likely N-dealkylation sites (N-methyl/N-ethyl adjacent to an activating group) is 1. The Balaban J connectivity index is 2.02. The van der Waals surface area contributed by atoms with Gasteiger partial charge in [0.15, 0.2) is 0 Å². The molecule has 0 spiro atoms. The number of halogens is 1. The van der Waals surface area contributed by atoms with Gasteiger partial charge in [0.2, 0.25) is 0 Å². The fourth-order valence-electron chi connectivity index (χ4n) is 2.76. The molecule has 3 rings (SSSR count). The van der Waals surface area contributed by atoms with Crippen molar-refractivity contribution in [2.75, 3.05) is 6.54 Å². The molecule has 0 unspecified atom stereocenters. The maximum atomic E-state index is 12.6. The van der Waals surface area contributed by atoms with Gasteiger partial charge in [-0.1, -0.05) is 11.6 Å². The Hall–Kier alpha value is -3.10. The van der Waals surface area contributed by atoms with Crippen molar-refractivity contribution in [2.24, 2.45) is 0 Å².